The fourth-order valence-corrected chi connectivity index (χ4v) is 3.84. The first kappa shape index (κ1) is 19.3. The molecule has 2 aromatic heterocycles. The maximum absolute atomic E-state index is 12.5. The summed E-state index contributed by atoms with van der Waals surface area (Å²) in [5, 5.41) is 5.58. The Morgan fingerprint density at radius 3 is 2.63 bits per heavy atom. The molecule has 0 aliphatic heterocycles. The summed E-state index contributed by atoms with van der Waals surface area (Å²) in [7, 11) is 0. The van der Waals surface area contributed by atoms with Gasteiger partial charge in [-0.15, -0.1) is 11.3 Å². The molecule has 5 nitrogen and oxygen atoms in total. The molecule has 0 aliphatic carbocycles. The van der Waals surface area contributed by atoms with Gasteiger partial charge in [-0.1, -0.05) is 45.0 Å². The summed E-state index contributed by atoms with van der Waals surface area (Å²) in [6.45, 7) is 6.64. The van der Waals surface area contributed by atoms with Gasteiger partial charge in [0, 0.05) is 13.0 Å². The van der Waals surface area contributed by atoms with Crippen molar-refractivity contribution in [3.63, 3.8) is 0 Å². The van der Waals surface area contributed by atoms with Crippen LogP contribution in [0.15, 0.2) is 46.8 Å². The standard InChI is InChI=1S/C21H25N3O2S/c1-4-15-5-7-16(8-6-15)19(14(2)3)23-18(25)9-11-24-13-22-20-17(21(24)26)10-12-27-20/h5-8,10,12-14,19H,4,9,11H2,1-3H3,(H,23,25)/t19-/m1/s1. The number of carbonyl (C=O) groups excluding carboxylic acids is 1. The molecule has 0 spiro atoms. The second-order valence-electron chi connectivity index (χ2n) is 7.02. The fraction of sp³-hybridized carbons (Fsp3) is 0.381. The first-order valence-electron chi connectivity index (χ1n) is 9.30. The second-order valence-corrected chi connectivity index (χ2v) is 7.91. The lowest BCUT2D eigenvalue weighted by Gasteiger charge is -2.23. The third kappa shape index (κ3) is 4.45. The van der Waals surface area contributed by atoms with Crippen LogP contribution in [-0.4, -0.2) is 15.5 Å². The van der Waals surface area contributed by atoms with Crippen LogP contribution >= 0.6 is 11.3 Å². The van der Waals surface area contributed by atoms with Crippen LogP contribution in [0.2, 0.25) is 0 Å². The summed E-state index contributed by atoms with van der Waals surface area (Å²) in [4.78, 5) is 29.9. The summed E-state index contributed by atoms with van der Waals surface area (Å²) in [6.07, 6.45) is 2.77. The van der Waals surface area contributed by atoms with E-state index in [2.05, 4.69) is 55.3 Å². The van der Waals surface area contributed by atoms with Crippen LogP contribution in [0, 0.1) is 5.92 Å². The molecule has 142 valence electrons. The van der Waals surface area contributed by atoms with Crippen molar-refractivity contribution in [2.45, 2.75) is 46.2 Å². The molecule has 27 heavy (non-hydrogen) atoms. The molecule has 1 N–H and O–H groups in total. The third-order valence-electron chi connectivity index (χ3n) is 4.76. The number of amides is 1. The minimum atomic E-state index is -0.0930. The van der Waals surface area contributed by atoms with Gasteiger partial charge in [0.25, 0.3) is 5.56 Å². The molecule has 0 fully saturated rings. The Morgan fingerprint density at radius 2 is 1.96 bits per heavy atom. The zero-order chi connectivity index (χ0) is 19.4. The van der Waals surface area contributed by atoms with E-state index < -0.39 is 0 Å². The quantitative estimate of drug-likeness (QED) is 0.672. The molecule has 0 saturated carbocycles. The molecule has 1 amide bonds. The summed E-state index contributed by atoms with van der Waals surface area (Å²) < 4.78 is 1.51. The van der Waals surface area contributed by atoms with Gasteiger partial charge in [0.1, 0.15) is 4.83 Å². The highest BCUT2D eigenvalue weighted by Gasteiger charge is 2.18. The topological polar surface area (TPSA) is 64.0 Å². The van der Waals surface area contributed by atoms with Crippen LogP contribution < -0.4 is 10.9 Å². The first-order valence-corrected chi connectivity index (χ1v) is 10.2. The number of hydrogen-bond acceptors (Lipinski definition) is 4. The monoisotopic (exact) mass is 383 g/mol. The van der Waals surface area contributed by atoms with Crippen molar-refractivity contribution >= 4 is 27.5 Å². The number of nitrogens with zero attached hydrogens (tertiary/aromatic N) is 2. The molecule has 0 unspecified atom stereocenters. The molecular formula is C21H25N3O2S. The predicted octanol–water partition coefficient (Wildman–Crippen LogP) is 3.92. The van der Waals surface area contributed by atoms with E-state index in [1.807, 2.05) is 5.38 Å². The lowest BCUT2D eigenvalue weighted by Crippen LogP contribution is -2.33. The van der Waals surface area contributed by atoms with Gasteiger partial charge < -0.3 is 5.32 Å². The molecule has 0 aliphatic rings. The Hall–Kier alpha value is -2.47. The average molecular weight is 384 g/mol. The highest BCUT2D eigenvalue weighted by molar-refractivity contribution is 7.16. The lowest BCUT2D eigenvalue weighted by molar-refractivity contribution is -0.122. The average Bonchev–Trinajstić information content (AvgIpc) is 3.15. The number of fused-ring (bicyclic) bond motifs is 1. The smallest absolute Gasteiger partial charge is 0.262 e. The minimum absolute atomic E-state index is 0.0439. The van der Waals surface area contributed by atoms with E-state index >= 15 is 0 Å². The Kier molecular flexibility index (Phi) is 6.06. The molecular weight excluding hydrogens is 358 g/mol. The Labute approximate surface area is 163 Å². The van der Waals surface area contributed by atoms with E-state index in [0.29, 0.717) is 11.9 Å². The van der Waals surface area contributed by atoms with E-state index in [1.54, 1.807) is 6.07 Å². The summed E-state index contributed by atoms with van der Waals surface area (Å²) in [6, 6.07) is 10.1. The van der Waals surface area contributed by atoms with Crippen molar-refractivity contribution in [2.75, 3.05) is 0 Å². The summed E-state index contributed by atoms with van der Waals surface area (Å²) in [5.74, 6) is 0.207. The van der Waals surface area contributed by atoms with Gasteiger partial charge in [-0.2, -0.15) is 0 Å². The highest BCUT2D eigenvalue weighted by atomic mass is 32.1. The van der Waals surface area contributed by atoms with Gasteiger partial charge in [0.05, 0.1) is 17.8 Å². The van der Waals surface area contributed by atoms with Gasteiger partial charge >= 0.3 is 0 Å². The zero-order valence-corrected chi connectivity index (χ0v) is 16.8. The number of thiophene rings is 1. The lowest BCUT2D eigenvalue weighted by atomic mass is 9.94. The maximum atomic E-state index is 12.5. The van der Waals surface area contributed by atoms with Crippen molar-refractivity contribution in [1.82, 2.24) is 14.9 Å². The van der Waals surface area contributed by atoms with Crippen molar-refractivity contribution in [3.8, 4) is 0 Å². The Morgan fingerprint density at radius 1 is 1.22 bits per heavy atom. The van der Waals surface area contributed by atoms with Crippen molar-refractivity contribution < 1.29 is 4.79 Å². The Bertz CT molecular complexity index is 973. The summed E-state index contributed by atoms with van der Waals surface area (Å²) in [5.41, 5.74) is 2.29. The summed E-state index contributed by atoms with van der Waals surface area (Å²) >= 11 is 1.44. The number of hydrogen-bond donors (Lipinski definition) is 1. The van der Waals surface area contributed by atoms with Crippen LogP contribution in [0.25, 0.3) is 10.2 Å². The maximum Gasteiger partial charge on any atom is 0.262 e. The van der Waals surface area contributed by atoms with E-state index in [1.165, 1.54) is 27.8 Å². The number of aromatic nitrogens is 2. The normalized spacial score (nSPS) is 12.4. The van der Waals surface area contributed by atoms with Gasteiger partial charge in [-0.25, -0.2) is 4.98 Å². The number of aryl methyl sites for hydroxylation is 2. The number of benzene rings is 1. The van der Waals surface area contributed by atoms with Crippen LogP contribution in [0.1, 0.15) is 44.4 Å². The van der Waals surface area contributed by atoms with Crippen molar-refractivity contribution in [1.29, 1.82) is 0 Å². The third-order valence-corrected chi connectivity index (χ3v) is 5.58. The molecule has 0 saturated heterocycles. The molecule has 6 heteroatoms. The molecule has 0 bridgehead atoms. The second kappa shape index (κ2) is 8.48. The van der Waals surface area contributed by atoms with E-state index in [-0.39, 0.29) is 29.8 Å². The Balaban J connectivity index is 1.66. The molecule has 3 aromatic rings. The largest absolute Gasteiger partial charge is 0.349 e. The molecule has 2 heterocycles. The molecule has 3 rings (SSSR count). The molecule has 0 radical (unpaired) electrons. The van der Waals surface area contributed by atoms with Gasteiger partial charge in [-0.05, 0) is 34.9 Å². The van der Waals surface area contributed by atoms with E-state index in [0.717, 1.165) is 16.8 Å². The van der Waals surface area contributed by atoms with Crippen LogP contribution in [0.5, 0.6) is 0 Å². The van der Waals surface area contributed by atoms with Crippen LogP contribution in [0.4, 0.5) is 0 Å². The van der Waals surface area contributed by atoms with Crippen LogP contribution in [0.3, 0.4) is 0 Å². The zero-order valence-electron chi connectivity index (χ0n) is 15.9. The number of nitrogens with one attached hydrogen (secondary N) is 1. The SMILES string of the molecule is CCc1ccc([C@H](NC(=O)CCn2cnc3sccc3c2=O)C(C)C)cc1. The molecule has 1 atom stereocenters. The van der Waals surface area contributed by atoms with E-state index in [9.17, 15) is 9.59 Å². The number of carbonyl (C=O) groups is 1. The van der Waals surface area contributed by atoms with Gasteiger partial charge in [0.15, 0.2) is 0 Å². The van der Waals surface area contributed by atoms with Gasteiger partial charge in [0.2, 0.25) is 5.91 Å². The van der Waals surface area contributed by atoms with Crippen LogP contribution in [-0.2, 0) is 17.8 Å². The minimum Gasteiger partial charge on any atom is -0.349 e. The van der Waals surface area contributed by atoms with Gasteiger partial charge in [-0.3, -0.25) is 14.2 Å². The number of rotatable bonds is 7. The van der Waals surface area contributed by atoms with E-state index in [4.69, 9.17) is 0 Å². The highest BCUT2D eigenvalue weighted by Crippen LogP contribution is 2.22. The fourth-order valence-electron chi connectivity index (χ4n) is 3.12. The predicted molar refractivity (Wildman–Crippen MR) is 110 cm³/mol. The van der Waals surface area contributed by atoms with Crippen molar-refractivity contribution in [3.05, 3.63) is 63.5 Å². The first-order chi connectivity index (χ1) is 13.0. The van der Waals surface area contributed by atoms with Crippen molar-refractivity contribution in [2.24, 2.45) is 5.92 Å². The molecule has 1 aromatic carbocycles.